The number of nitrogens with two attached hydrogens (primary N) is 1. The number of carbonyl (C=O) groups is 4. The van der Waals surface area contributed by atoms with Crippen LogP contribution in [-0.2, 0) is 28.3 Å². The Morgan fingerprint density at radius 3 is 2.33 bits per heavy atom. The Labute approximate surface area is 266 Å². The van der Waals surface area contributed by atoms with E-state index in [-0.39, 0.29) is 18.2 Å². The summed E-state index contributed by atoms with van der Waals surface area (Å²) in [6.07, 6.45) is 3.00. The fourth-order valence-corrected chi connectivity index (χ4v) is 7.82. The smallest absolute Gasteiger partial charge is 0.329 e. The second-order valence-electron chi connectivity index (χ2n) is 15.2. The number of hydrogen-bond donors (Lipinski definition) is 5. The van der Waals surface area contributed by atoms with Crippen LogP contribution >= 0.6 is 0 Å². The molecule has 252 valence electrons. The van der Waals surface area contributed by atoms with Gasteiger partial charge in [0.05, 0.1) is 13.2 Å². The molecule has 0 aromatic heterocycles. The van der Waals surface area contributed by atoms with Crippen molar-refractivity contribution in [3.63, 3.8) is 0 Å². The van der Waals surface area contributed by atoms with E-state index in [9.17, 15) is 34.5 Å². The normalized spacial score (nSPS) is 30.6. The van der Waals surface area contributed by atoms with E-state index in [0.717, 1.165) is 5.57 Å². The molecule has 13 heteroatoms. The molecule has 1 saturated heterocycles. The van der Waals surface area contributed by atoms with Crippen LogP contribution in [0.3, 0.4) is 0 Å². The summed E-state index contributed by atoms with van der Waals surface area (Å²) in [4.78, 5) is 54.8. The third kappa shape index (κ3) is 5.95. The van der Waals surface area contributed by atoms with Gasteiger partial charge in [0.15, 0.2) is 14.1 Å². The number of nitrogens with zero attached hydrogens (tertiary/aromatic N) is 1. The highest BCUT2D eigenvalue weighted by Gasteiger charge is 2.67. The molecule has 3 aliphatic carbocycles. The molecule has 1 spiro atoms. The molecule has 1 saturated carbocycles. The lowest BCUT2D eigenvalue weighted by Gasteiger charge is -2.42. The summed E-state index contributed by atoms with van der Waals surface area (Å²) in [5.74, 6) is -2.53. The zero-order valence-electron chi connectivity index (χ0n) is 27.9. The van der Waals surface area contributed by atoms with Crippen LogP contribution in [0, 0.1) is 10.8 Å². The van der Waals surface area contributed by atoms with E-state index >= 15 is 0 Å². The number of amides is 2. The van der Waals surface area contributed by atoms with Crippen LogP contribution in [0.15, 0.2) is 22.8 Å². The Kier molecular flexibility index (Phi) is 9.44. The maximum atomic E-state index is 14.0. The van der Waals surface area contributed by atoms with Gasteiger partial charge >= 0.3 is 5.97 Å². The van der Waals surface area contributed by atoms with Gasteiger partial charge in [-0.1, -0.05) is 32.4 Å². The quantitative estimate of drug-likeness (QED) is 0.169. The van der Waals surface area contributed by atoms with Gasteiger partial charge in [-0.3, -0.25) is 14.4 Å². The number of Topliss-reactive ketones (excluding diaryl/α,β-unsaturated/α-hetero) is 1. The molecule has 12 nitrogen and oxygen atoms in total. The first-order valence-corrected chi connectivity index (χ1v) is 18.7. The van der Waals surface area contributed by atoms with E-state index in [0.29, 0.717) is 36.8 Å². The minimum Gasteiger partial charge on any atom is -0.455 e. The first kappa shape index (κ1) is 35.4. The summed E-state index contributed by atoms with van der Waals surface area (Å²) in [7, 11) is -2.26. The topological polar surface area (TPSA) is 189 Å². The summed E-state index contributed by atoms with van der Waals surface area (Å²) >= 11 is 0. The zero-order valence-corrected chi connectivity index (χ0v) is 28.9. The predicted octanol–water partition coefficient (Wildman–Crippen LogP) is 1.08. The van der Waals surface area contributed by atoms with Crippen LogP contribution in [0.1, 0.15) is 67.2 Å². The number of hydrogen-bond acceptors (Lipinski definition) is 10. The van der Waals surface area contributed by atoms with Crippen molar-refractivity contribution in [2.24, 2.45) is 16.6 Å². The van der Waals surface area contributed by atoms with Crippen molar-refractivity contribution in [3.05, 3.63) is 22.8 Å². The maximum Gasteiger partial charge on any atom is 0.329 e. The summed E-state index contributed by atoms with van der Waals surface area (Å²) < 4.78 is 13.0. The molecule has 0 aromatic rings. The number of ketones is 1. The van der Waals surface area contributed by atoms with Crippen molar-refractivity contribution in [2.45, 2.75) is 115 Å². The highest BCUT2D eigenvalue weighted by molar-refractivity contribution is 6.74. The van der Waals surface area contributed by atoms with Gasteiger partial charge in [-0.25, -0.2) is 4.79 Å². The van der Waals surface area contributed by atoms with Crippen LogP contribution in [0.2, 0.25) is 18.1 Å². The molecule has 0 bridgehead atoms. The van der Waals surface area contributed by atoms with Crippen LogP contribution in [-0.4, -0.2) is 108 Å². The molecule has 1 aliphatic heterocycles. The standard InChI is InChI=1S/C32H51N3O9Si/c1-18-23-19(24(38)31(6,42)32(18)11-12-32)14-30(5,17-43-45(7,8)29(2,3)4)25(23)44-28(41)22-10-9-13-35(22)27(40)21(16-37)34-26(39)20(33)15-36/h14,20-22,25,36-37,42H,9-13,15-17,33H2,1-8H3,(H,34,39)/t20-,21-,22-,25+,30-,31?/m0/s1. The number of carbonyl (C=O) groups excluding carboxylic acids is 4. The molecule has 4 rings (SSSR count). The Morgan fingerprint density at radius 1 is 1.18 bits per heavy atom. The minimum absolute atomic E-state index is 0.0920. The van der Waals surface area contributed by atoms with Crippen LogP contribution in [0.5, 0.6) is 0 Å². The number of aliphatic hydroxyl groups excluding tert-OH is 2. The fourth-order valence-electron chi connectivity index (χ4n) is 6.71. The number of rotatable bonds is 10. The summed E-state index contributed by atoms with van der Waals surface area (Å²) in [6, 6.07) is -3.61. The molecular formula is C32H51N3O9Si. The average molecular weight is 650 g/mol. The van der Waals surface area contributed by atoms with Gasteiger partial charge in [0.2, 0.25) is 11.8 Å². The van der Waals surface area contributed by atoms with Gasteiger partial charge < -0.3 is 40.4 Å². The zero-order chi connectivity index (χ0) is 33.9. The SMILES string of the molecule is CC1=C2C(=C[C@@](C)(CO[Si](C)(C)C(C)(C)C)[C@@H]2OC(=O)[C@@H]2CCCN2C(=O)[C@H](CO)NC(=O)[C@@H](N)CO)C(=O)C(C)(O)C12CC2. The van der Waals surface area contributed by atoms with Gasteiger partial charge in [0.1, 0.15) is 29.8 Å². The van der Waals surface area contributed by atoms with E-state index in [1.807, 2.05) is 13.8 Å². The number of fused-ring (bicyclic) bond motifs is 1. The molecular weight excluding hydrogens is 598 g/mol. The molecule has 1 unspecified atom stereocenters. The largest absolute Gasteiger partial charge is 0.455 e. The second-order valence-corrected chi connectivity index (χ2v) is 20.0. The maximum absolute atomic E-state index is 14.0. The van der Waals surface area contributed by atoms with Crippen LogP contribution < -0.4 is 11.1 Å². The molecule has 45 heavy (non-hydrogen) atoms. The summed E-state index contributed by atoms with van der Waals surface area (Å²) in [6.45, 7) is 15.0. The molecule has 2 amide bonds. The number of esters is 1. The lowest BCUT2D eigenvalue weighted by atomic mass is 9.67. The lowest BCUT2D eigenvalue weighted by molar-refractivity contribution is -0.161. The molecule has 0 radical (unpaired) electrons. The average Bonchev–Trinajstić information content (AvgIpc) is 3.55. The molecule has 1 heterocycles. The van der Waals surface area contributed by atoms with Gasteiger partial charge in [-0.05, 0) is 64.6 Å². The third-order valence-electron chi connectivity index (χ3n) is 11.0. The van der Waals surface area contributed by atoms with Crippen molar-refractivity contribution in [3.8, 4) is 0 Å². The number of aliphatic hydroxyl groups is 3. The minimum atomic E-state index is -2.26. The molecule has 4 aliphatic rings. The van der Waals surface area contributed by atoms with Crippen molar-refractivity contribution >= 4 is 31.9 Å². The Balaban J connectivity index is 1.66. The Morgan fingerprint density at radius 2 is 1.80 bits per heavy atom. The highest BCUT2D eigenvalue weighted by atomic mass is 28.4. The van der Waals surface area contributed by atoms with E-state index in [2.05, 4.69) is 39.2 Å². The first-order chi connectivity index (χ1) is 20.7. The monoisotopic (exact) mass is 649 g/mol. The van der Waals surface area contributed by atoms with E-state index in [1.165, 1.54) is 4.90 Å². The van der Waals surface area contributed by atoms with E-state index in [4.69, 9.17) is 14.9 Å². The Bertz CT molecular complexity index is 1310. The molecule has 6 atom stereocenters. The van der Waals surface area contributed by atoms with Gasteiger partial charge in [-0.2, -0.15) is 0 Å². The van der Waals surface area contributed by atoms with Gasteiger partial charge in [0, 0.05) is 35.1 Å². The summed E-state index contributed by atoms with van der Waals surface area (Å²) in [5, 5.41) is 32.8. The van der Waals surface area contributed by atoms with Crippen molar-refractivity contribution < 1.29 is 43.7 Å². The van der Waals surface area contributed by atoms with E-state index < -0.39 is 85.8 Å². The predicted molar refractivity (Wildman–Crippen MR) is 168 cm³/mol. The summed E-state index contributed by atoms with van der Waals surface area (Å²) in [5.41, 5.74) is 4.10. The van der Waals surface area contributed by atoms with Crippen molar-refractivity contribution in [1.82, 2.24) is 10.2 Å². The lowest BCUT2D eigenvalue weighted by Crippen LogP contribution is -2.57. The number of ether oxygens (including phenoxy) is 1. The number of likely N-dealkylation sites (tertiary alicyclic amines) is 1. The second kappa shape index (κ2) is 12.0. The molecule has 0 aromatic carbocycles. The van der Waals surface area contributed by atoms with Crippen LogP contribution in [0.4, 0.5) is 0 Å². The van der Waals surface area contributed by atoms with E-state index in [1.54, 1.807) is 13.0 Å². The molecule has 6 N–H and O–H groups in total. The van der Waals surface area contributed by atoms with Gasteiger partial charge in [-0.15, -0.1) is 0 Å². The molecule has 2 fully saturated rings. The highest BCUT2D eigenvalue weighted by Crippen LogP contribution is 2.66. The first-order valence-electron chi connectivity index (χ1n) is 15.8. The Hall–Kier alpha value is -2.42. The van der Waals surface area contributed by atoms with Crippen molar-refractivity contribution in [2.75, 3.05) is 26.4 Å². The fraction of sp³-hybridized carbons (Fsp3) is 0.750. The van der Waals surface area contributed by atoms with Crippen molar-refractivity contribution in [1.29, 1.82) is 0 Å². The van der Waals surface area contributed by atoms with Gasteiger partial charge in [0.25, 0.3) is 0 Å². The number of nitrogens with one attached hydrogen (secondary N) is 1. The third-order valence-corrected chi connectivity index (χ3v) is 15.5. The van der Waals surface area contributed by atoms with Crippen LogP contribution in [0.25, 0.3) is 0 Å².